The summed E-state index contributed by atoms with van der Waals surface area (Å²) in [5.74, 6) is 1.84. The predicted octanol–water partition coefficient (Wildman–Crippen LogP) is 0.758. The molecule has 2 rings (SSSR count). The number of methoxy groups -OCH3 is 2. The molecule has 0 aliphatic carbocycles. The van der Waals surface area contributed by atoms with Crippen LogP contribution in [-0.2, 0) is 6.54 Å². The number of aromatic nitrogens is 4. The average Bonchev–Trinajstić information content (AvgIpc) is 2.87. The van der Waals surface area contributed by atoms with E-state index in [2.05, 4.69) is 15.1 Å². The van der Waals surface area contributed by atoms with Gasteiger partial charge in [0.05, 0.1) is 26.8 Å². The van der Waals surface area contributed by atoms with E-state index in [4.69, 9.17) is 15.2 Å². The molecule has 1 unspecified atom stereocenters. The molecule has 7 nitrogen and oxygen atoms in total. The van der Waals surface area contributed by atoms with Crippen LogP contribution in [0.5, 0.6) is 11.5 Å². The van der Waals surface area contributed by atoms with Gasteiger partial charge < -0.3 is 15.2 Å². The molecule has 0 saturated carbocycles. The Labute approximate surface area is 111 Å². The topological polar surface area (TPSA) is 88.1 Å². The molecular formula is C12H17N5O2. The van der Waals surface area contributed by atoms with E-state index in [1.807, 2.05) is 6.92 Å². The highest BCUT2D eigenvalue weighted by molar-refractivity contribution is 5.42. The van der Waals surface area contributed by atoms with Gasteiger partial charge in [-0.25, -0.2) is 9.67 Å². The zero-order valence-corrected chi connectivity index (χ0v) is 11.2. The van der Waals surface area contributed by atoms with E-state index in [0.29, 0.717) is 23.9 Å². The van der Waals surface area contributed by atoms with Gasteiger partial charge >= 0.3 is 0 Å². The molecule has 2 N–H and O–H groups in total. The summed E-state index contributed by atoms with van der Waals surface area (Å²) in [6.45, 7) is 2.28. The largest absolute Gasteiger partial charge is 0.493 e. The van der Waals surface area contributed by atoms with Gasteiger partial charge in [-0.05, 0) is 6.92 Å². The number of hydrogen-bond acceptors (Lipinski definition) is 6. The van der Waals surface area contributed by atoms with Crippen molar-refractivity contribution in [1.29, 1.82) is 0 Å². The maximum atomic E-state index is 5.72. The van der Waals surface area contributed by atoms with Crippen molar-refractivity contribution in [3.05, 3.63) is 30.1 Å². The summed E-state index contributed by atoms with van der Waals surface area (Å²) < 4.78 is 12.2. The van der Waals surface area contributed by atoms with E-state index >= 15 is 0 Å². The summed E-state index contributed by atoms with van der Waals surface area (Å²) in [4.78, 5) is 8.42. The Hall–Kier alpha value is -2.15. The molecule has 0 bridgehead atoms. The Morgan fingerprint density at radius 1 is 1.32 bits per heavy atom. The van der Waals surface area contributed by atoms with E-state index < -0.39 is 0 Å². The average molecular weight is 263 g/mol. The van der Waals surface area contributed by atoms with Crippen LogP contribution in [0.2, 0.25) is 0 Å². The van der Waals surface area contributed by atoms with Crippen molar-refractivity contribution in [3.63, 3.8) is 0 Å². The third-order valence-corrected chi connectivity index (χ3v) is 2.64. The van der Waals surface area contributed by atoms with Gasteiger partial charge in [0.25, 0.3) is 0 Å². The van der Waals surface area contributed by atoms with Crippen LogP contribution in [0, 0.1) is 0 Å². The fourth-order valence-electron chi connectivity index (χ4n) is 1.71. The summed E-state index contributed by atoms with van der Waals surface area (Å²) in [7, 11) is 3.17. The Morgan fingerprint density at radius 3 is 2.68 bits per heavy atom. The third kappa shape index (κ3) is 2.82. The number of nitrogens with zero attached hydrogens (tertiary/aromatic N) is 4. The highest BCUT2D eigenvalue weighted by atomic mass is 16.5. The fraction of sp³-hybridized carbons (Fsp3) is 0.417. The van der Waals surface area contributed by atoms with E-state index in [0.717, 1.165) is 5.69 Å². The van der Waals surface area contributed by atoms with Gasteiger partial charge in [0.1, 0.15) is 12.0 Å². The first-order chi connectivity index (χ1) is 9.15. The summed E-state index contributed by atoms with van der Waals surface area (Å²) in [6, 6.07) is 1.55. The Kier molecular flexibility index (Phi) is 3.96. The van der Waals surface area contributed by atoms with Crippen molar-refractivity contribution in [3.8, 4) is 11.5 Å². The van der Waals surface area contributed by atoms with Gasteiger partial charge in [0.2, 0.25) is 0 Å². The normalized spacial score (nSPS) is 12.2. The lowest BCUT2D eigenvalue weighted by molar-refractivity contribution is 0.348. The molecule has 102 valence electrons. The summed E-state index contributed by atoms with van der Waals surface area (Å²) in [6.07, 6.45) is 3.29. The lowest BCUT2D eigenvalue weighted by atomic mass is 10.3. The fourth-order valence-corrected chi connectivity index (χ4v) is 1.71. The highest BCUT2D eigenvalue weighted by Gasteiger charge is 2.13. The van der Waals surface area contributed by atoms with Crippen LogP contribution in [0.4, 0.5) is 0 Å². The van der Waals surface area contributed by atoms with Crippen LogP contribution in [0.25, 0.3) is 0 Å². The molecule has 0 aliphatic heterocycles. The molecule has 0 aliphatic rings. The molecule has 1 atom stereocenters. The van der Waals surface area contributed by atoms with Crippen LogP contribution in [0.15, 0.2) is 18.6 Å². The molecular weight excluding hydrogens is 246 g/mol. The first-order valence-electron chi connectivity index (χ1n) is 5.86. The molecule has 0 aromatic carbocycles. The molecule has 0 radical (unpaired) electrons. The van der Waals surface area contributed by atoms with Crippen LogP contribution < -0.4 is 15.2 Å². The zero-order chi connectivity index (χ0) is 13.8. The second-order valence-electron chi connectivity index (χ2n) is 4.08. The van der Waals surface area contributed by atoms with E-state index in [-0.39, 0.29) is 6.04 Å². The van der Waals surface area contributed by atoms with Crippen molar-refractivity contribution in [2.75, 3.05) is 14.2 Å². The Bertz CT molecular complexity index is 553. The number of ether oxygens (including phenoxy) is 2. The van der Waals surface area contributed by atoms with Gasteiger partial charge in [-0.2, -0.15) is 5.10 Å². The molecule has 0 saturated heterocycles. The van der Waals surface area contributed by atoms with Gasteiger partial charge in [0.15, 0.2) is 17.3 Å². The Balaban J connectivity index is 2.27. The molecule has 2 aromatic rings. The maximum Gasteiger partial charge on any atom is 0.184 e. The van der Waals surface area contributed by atoms with E-state index in [1.54, 1.807) is 37.5 Å². The van der Waals surface area contributed by atoms with Gasteiger partial charge in [-0.1, -0.05) is 0 Å². The zero-order valence-electron chi connectivity index (χ0n) is 11.2. The van der Waals surface area contributed by atoms with E-state index in [9.17, 15) is 0 Å². The monoisotopic (exact) mass is 263 g/mol. The van der Waals surface area contributed by atoms with Crippen molar-refractivity contribution < 1.29 is 9.47 Å². The molecule has 7 heteroatoms. The van der Waals surface area contributed by atoms with Crippen LogP contribution in [-0.4, -0.2) is 34.0 Å². The quantitative estimate of drug-likeness (QED) is 0.856. The third-order valence-electron chi connectivity index (χ3n) is 2.64. The second-order valence-corrected chi connectivity index (χ2v) is 4.08. The molecule has 0 amide bonds. The van der Waals surface area contributed by atoms with Crippen molar-refractivity contribution in [2.45, 2.75) is 19.5 Å². The Morgan fingerprint density at radius 2 is 2.11 bits per heavy atom. The van der Waals surface area contributed by atoms with Gasteiger partial charge in [-0.3, -0.25) is 4.98 Å². The number of pyridine rings is 1. The van der Waals surface area contributed by atoms with E-state index in [1.165, 1.54) is 0 Å². The van der Waals surface area contributed by atoms with Crippen LogP contribution in [0.3, 0.4) is 0 Å². The van der Waals surface area contributed by atoms with Crippen LogP contribution in [0.1, 0.15) is 24.5 Å². The summed E-state index contributed by atoms with van der Waals surface area (Å²) in [5.41, 5.74) is 6.45. The van der Waals surface area contributed by atoms with Gasteiger partial charge in [0, 0.05) is 12.3 Å². The van der Waals surface area contributed by atoms with Crippen molar-refractivity contribution in [2.24, 2.45) is 5.73 Å². The molecule has 0 fully saturated rings. The second kappa shape index (κ2) is 5.66. The van der Waals surface area contributed by atoms with Gasteiger partial charge in [-0.15, -0.1) is 0 Å². The van der Waals surface area contributed by atoms with Crippen LogP contribution >= 0.6 is 0 Å². The first-order valence-corrected chi connectivity index (χ1v) is 5.86. The lowest BCUT2D eigenvalue weighted by Crippen LogP contribution is -2.09. The van der Waals surface area contributed by atoms with Crippen molar-refractivity contribution in [1.82, 2.24) is 19.7 Å². The minimum absolute atomic E-state index is 0.193. The summed E-state index contributed by atoms with van der Waals surface area (Å²) in [5, 5.41) is 4.28. The smallest absolute Gasteiger partial charge is 0.184 e. The number of hydrogen-bond donors (Lipinski definition) is 1. The molecule has 0 spiro atoms. The van der Waals surface area contributed by atoms with Crippen molar-refractivity contribution >= 4 is 0 Å². The first kappa shape index (κ1) is 13.3. The minimum atomic E-state index is -0.193. The SMILES string of the molecule is COc1ccnc(Cn2cnc(C(C)N)n2)c1OC. The molecule has 2 heterocycles. The predicted molar refractivity (Wildman–Crippen MR) is 69.1 cm³/mol. The molecule has 2 aromatic heterocycles. The summed E-state index contributed by atoms with van der Waals surface area (Å²) >= 11 is 0. The number of rotatable bonds is 5. The maximum absolute atomic E-state index is 5.72. The standard InChI is InChI=1S/C12H17N5O2/c1-8(13)12-15-7-17(16-12)6-9-11(19-3)10(18-2)4-5-14-9/h4-5,7-8H,6,13H2,1-3H3. The lowest BCUT2D eigenvalue weighted by Gasteiger charge is -2.11. The highest BCUT2D eigenvalue weighted by Crippen LogP contribution is 2.29. The molecule has 19 heavy (non-hydrogen) atoms. The minimum Gasteiger partial charge on any atom is -0.493 e. The number of nitrogens with two attached hydrogens (primary N) is 1.